The minimum absolute atomic E-state index is 0.104. The average molecular weight is 183 g/mol. The van der Waals surface area contributed by atoms with Gasteiger partial charge in [0.05, 0.1) is 6.33 Å². The van der Waals surface area contributed by atoms with Crippen molar-refractivity contribution in [1.82, 2.24) is 9.55 Å². The Morgan fingerprint density at radius 1 is 1.69 bits per heavy atom. The van der Waals surface area contributed by atoms with E-state index in [-0.39, 0.29) is 5.69 Å². The maximum absolute atomic E-state index is 10.7. The van der Waals surface area contributed by atoms with Gasteiger partial charge in [0.2, 0.25) is 5.91 Å². The van der Waals surface area contributed by atoms with Crippen molar-refractivity contribution in [2.24, 2.45) is 5.73 Å². The highest BCUT2D eigenvalue weighted by atomic mass is 16.4. The van der Waals surface area contributed by atoms with Gasteiger partial charge in [0.1, 0.15) is 6.04 Å². The number of rotatable bonds is 3. The van der Waals surface area contributed by atoms with Gasteiger partial charge in [0.25, 0.3) is 0 Å². The van der Waals surface area contributed by atoms with E-state index in [2.05, 4.69) is 4.98 Å². The molecule has 1 unspecified atom stereocenters. The lowest BCUT2D eigenvalue weighted by Gasteiger charge is -2.06. The van der Waals surface area contributed by atoms with E-state index in [0.717, 1.165) is 0 Å². The molecule has 1 amide bonds. The second-order valence-electron chi connectivity index (χ2n) is 2.59. The van der Waals surface area contributed by atoms with Crippen LogP contribution in [0.3, 0.4) is 0 Å². The zero-order valence-corrected chi connectivity index (χ0v) is 6.97. The molecule has 6 nitrogen and oxygen atoms in total. The molecule has 0 saturated heterocycles. The molecule has 1 aromatic rings. The number of carbonyl (C=O) groups is 2. The highest BCUT2D eigenvalue weighted by Crippen LogP contribution is 2.05. The van der Waals surface area contributed by atoms with Crippen molar-refractivity contribution < 1.29 is 14.7 Å². The normalized spacial score (nSPS) is 12.4. The number of carboxylic acids is 1. The Labute approximate surface area is 74.0 Å². The number of aromatic carboxylic acids is 1. The molecule has 0 spiro atoms. The first-order valence-corrected chi connectivity index (χ1v) is 3.58. The van der Waals surface area contributed by atoms with E-state index in [1.807, 2.05) is 0 Å². The topological polar surface area (TPSA) is 98.2 Å². The van der Waals surface area contributed by atoms with E-state index in [4.69, 9.17) is 10.8 Å². The van der Waals surface area contributed by atoms with E-state index in [1.165, 1.54) is 17.1 Å². The summed E-state index contributed by atoms with van der Waals surface area (Å²) >= 11 is 0. The molecule has 70 valence electrons. The van der Waals surface area contributed by atoms with Crippen molar-refractivity contribution in [3.05, 3.63) is 18.2 Å². The molecular weight excluding hydrogens is 174 g/mol. The molecule has 1 heterocycles. The molecule has 3 N–H and O–H groups in total. The second-order valence-corrected chi connectivity index (χ2v) is 2.59. The van der Waals surface area contributed by atoms with Gasteiger partial charge in [0.15, 0.2) is 5.69 Å². The summed E-state index contributed by atoms with van der Waals surface area (Å²) in [4.78, 5) is 24.7. The number of imidazole rings is 1. The summed E-state index contributed by atoms with van der Waals surface area (Å²) in [6, 6.07) is -0.583. The third kappa shape index (κ3) is 1.84. The van der Waals surface area contributed by atoms with Gasteiger partial charge in [-0.25, -0.2) is 9.78 Å². The van der Waals surface area contributed by atoms with Crippen LogP contribution < -0.4 is 5.73 Å². The molecule has 0 saturated carbocycles. The molecule has 0 aliphatic rings. The molecule has 6 heteroatoms. The van der Waals surface area contributed by atoms with Crippen LogP contribution >= 0.6 is 0 Å². The lowest BCUT2D eigenvalue weighted by molar-refractivity contribution is -0.120. The Hall–Kier alpha value is -1.85. The standard InChI is InChI=1S/C7H9N3O3/c1-4(6(8)11)10-2-5(7(12)13)9-3-10/h2-4H,1H3,(H2,8,11)(H,12,13). The van der Waals surface area contributed by atoms with E-state index in [1.54, 1.807) is 6.92 Å². The first-order valence-electron chi connectivity index (χ1n) is 3.58. The first kappa shape index (κ1) is 9.24. The maximum atomic E-state index is 10.7. The van der Waals surface area contributed by atoms with Gasteiger partial charge in [0, 0.05) is 6.20 Å². The number of nitrogens with zero attached hydrogens (tertiary/aromatic N) is 2. The smallest absolute Gasteiger partial charge is 0.356 e. The van der Waals surface area contributed by atoms with Gasteiger partial charge in [-0.15, -0.1) is 0 Å². The van der Waals surface area contributed by atoms with E-state index < -0.39 is 17.9 Å². The Morgan fingerprint density at radius 2 is 2.31 bits per heavy atom. The van der Waals surface area contributed by atoms with Crippen LogP contribution in [0.4, 0.5) is 0 Å². The van der Waals surface area contributed by atoms with Crippen LogP contribution in [0, 0.1) is 0 Å². The first-order chi connectivity index (χ1) is 6.02. The third-order valence-corrected chi connectivity index (χ3v) is 1.68. The molecule has 0 fully saturated rings. The minimum Gasteiger partial charge on any atom is -0.476 e. The number of carboxylic acid groups (broad SMARTS) is 1. The predicted molar refractivity (Wildman–Crippen MR) is 43.1 cm³/mol. The van der Waals surface area contributed by atoms with Crippen molar-refractivity contribution >= 4 is 11.9 Å². The number of amides is 1. The largest absolute Gasteiger partial charge is 0.476 e. The summed E-state index contributed by atoms with van der Waals surface area (Å²) in [5, 5.41) is 8.53. The highest BCUT2D eigenvalue weighted by Gasteiger charge is 2.13. The number of primary amides is 1. The molecule has 0 radical (unpaired) electrons. The number of hydrogen-bond acceptors (Lipinski definition) is 3. The maximum Gasteiger partial charge on any atom is 0.356 e. The van der Waals surface area contributed by atoms with Gasteiger partial charge in [-0.3, -0.25) is 4.79 Å². The molecule has 13 heavy (non-hydrogen) atoms. The van der Waals surface area contributed by atoms with Crippen LogP contribution in [-0.2, 0) is 4.79 Å². The predicted octanol–water partition coefficient (Wildman–Crippen LogP) is -0.372. The van der Waals surface area contributed by atoms with E-state index in [9.17, 15) is 9.59 Å². The fourth-order valence-corrected chi connectivity index (χ4v) is 0.806. The van der Waals surface area contributed by atoms with E-state index >= 15 is 0 Å². The van der Waals surface area contributed by atoms with Crippen molar-refractivity contribution in [1.29, 1.82) is 0 Å². The second kappa shape index (κ2) is 3.26. The van der Waals surface area contributed by atoms with Crippen LogP contribution in [-0.4, -0.2) is 26.5 Å². The quantitative estimate of drug-likeness (QED) is 0.667. The summed E-state index contributed by atoms with van der Waals surface area (Å²) in [6.45, 7) is 1.57. The molecule has 1 rings (SSSR count). The molecule has 0 aromatic carbocycles. The molecule has 1 aromatic heterocycles. The van der Waals surface area contributed by atoms with Crippen LogP contribution in [0.15, 0.2) is 12.5 Å². The van der Waals surface area contributed by atoms with Crippen molar-refractivity contribution in [2.45, 2.75) is 13.0 Å². The SMILES string of the molecule is CC(C(N)=O)n1cnc(C(=O)O)c1. The van der Waals surface area contributed by atoms with Gasteiger partial charge in [-0.1, -0.05) is 0 Å². The van der Waals surface area contributed by atoms with E-state index in [0.29, 0.717) is 0 Å². The molecule has 1 atom stereocenters. The number of aromatic nitrogens is 2. The fourth-order valence-electron chi connectivity index (χ4n) is 0.806. The molecular formula is C7H9N3O3. The Balaban J connectivity index is 2.91. The summed E-state index contributed by atoms with van der Waals surface area (Å²) in [5.41, 5.74) is 4.91. The highest BCUT2D eigenvalue weighted by molar-refractivity contribution is 5.85. The summed E-state index contributed by atoms with van der Waals surface area (Å²) < 4.78 is 1.35. The average Bonchev–Trinajstić information content (AvgIpc) is 2.50. The summed E-state index contributed by atoms with van der Waals surface area (Å²) in [6.07, 6.45) is 2.52. The van der Waals surface area contributed by atoms with Gasteiger partial charge in [-0.05, 0) is 6.92 Å². The van der Waals surface area contributed by atoms with Crippen molar-refractivity contribution in [3.63, 3.8) is 0 Å². The van der Waals surface area contributed by atoms with Crippen LogP contribution in [0.25, 0.3) is 0 Å². The van der Waals surface area contributed by atoms with Crippen LogP contribution in [0.5, 0.6) is 0 Å². The Morgan fingerprint density at radius 3 is 2.69 bits per heavy atom. The zero-order chi connectivity index (χ0) is 10.0. The zero-order valence-electron chi connectivity index (χ0n) is 6.97. The van der Waals surface area contributed by atoms with Crippen LogP contribution in [0.2, 0.25) is 0 Å². The molecule has 0 aliphatic carbocycles. The minimum atomic E-state index is -1.13. The Kier molecular flexibility index (Phi) is 2.32. The van der Waals surface area contributed by atoms with Gasteiger partial charge < -0.3 is 15.4 Å². The summed E-state index contributed by atoms with van der Waals surface area (Å²) in [5.74, 6) is -1.66. The van der Waals surface area contributed by atoms with Crippen molar-refractivity contribution in [3.8, 4) is 0 Å². The lowest BCUT2D eigenvalue weighted by Crippen LogP contribution is -2.23. The summed E-state index contributed by atoms with van der Waals surface area (Å²) in [7, 11) is 0. The molecule has 0 aliphatic heterocycles. The van der Waals surface area contributed by atoms with Crippen LogP contribution in [0.1, 0.15) is 23.5 Å². The number of carbonyl (C=O) groups excluding carboxylic acids is 1. The fraction of sp³-hybridized carbons (Fsp3) is 0.286. The van der Waals surface area contributed by atoms with Gasteiger partial charge >= 0.3 is 5.97 Å². The number of hydrogen-bond donors (Lipinski definition) is 2. The third-order valence-electron chi connectivity index (χ3n) is 1.68. The monoisotopic (exact) mass is 183 g/mol. The molecule has 0 bridgehead atoms. The lowest BCUT2D eigenvalue weighted by atomic mass is 10.3. The number of nitrogens with two attached hydrogens (primary N) is 1. The van der Waals surface area contributed by atoms with Gasteiger partial charge in [-0.2, -0.15) is 0 Å². The Bertz CT molecular complexity index is 345. The van der Waals surface area contributed by atoms with Crippen molar-refractivity contribution in [2.75, 3.05) is 0 Å².